The Kier molecular flexibility index (Phi) is 4.59. The molecule has 2 atom stereocenters. The molecule has 1 N–H and O–H groups in total. The van der Waals surface area contributed by atoms with Gasteiger partial charge in [0, 0.05) is 30.9 Å². The zero-order valence-corrected chi connectivity index (χ0v) is 11.3. The molecule has 0 aliphatic carbocycles. The highest BCUT2D eigenvalue weighted by Gasteiger charge is 2.28. The molecule has 2 rings (SSSR count). The molecular formula is C15H23FN2. The number of anilines is 1. The predicted molar refractivity (Wildman–Crippen MR) is 74.4 cm³/mol. The van der Waals surface area contributed by atoms with Gasteiger partial charge in [0.15, 0.2) is 0 Å². The highest BCUT2D eigenvalue weighted by Crippen LogP contribution is 2.25. The monoisotopic (exact) mass is 250 g/mol. The van der Waals surface area contributed by atoms with Gasteiger partial charge >= 0.3 is 0 Å². The van der Waals surface area contributed by atoms with E-state index in [4.69, 9.17) is 0 Å². The SMILES string of the molecule is CCC1CCC(C)N1CCNc1cccc(F)c1. The maximum atomic E-state index is 13.0. The fraction of sp³-hybridized carbons (Fsp3) is 0.600. The van der Waals surface area contributed by atoms with E-state index in [0.29, 0.717) is 6.04 Å². The fourth-order valence-corrected chi connectivity index (χ4v) is 2.89. The fourth-order valence-electron chi connectivity index (χ4n) is 2.89. The summed E-state index contributed by atoms with van der Waals surface area (Å²) >= 11 is 0. The van der Waals surface area contributed by atoms with Gasteiger partial charge in [0.05, 0.1) is 0 Å². The Balaban J connectivity index is 1.81. The summed E-state index contributed by atoms with van der Waals surface area (Å²) in [5, 5.41) is 3.30. The average molecular weight is 250 g/mol. The van der Waals surface area contributed by atoms with Gasteiger partial charge in [0.25, 0.3) is 0 Å². The molecular weight excluding hydrogens is 227 g/mol. The standard InChI is InChI=1S/C15H23FN2/c1-3-15-8-7-12(2)18(15)10-9-17-14-6-4-5-13(16)11-14/h4-6,11-12,15,17H,3,7-10H2,1-2H3. The van der Waals surface area contributed by atoms with Gasteiger partial charge in [-0.3, -0.25) is 4.90 Å². The van der Waals surface area contributed by atoms with Gasteiger partial charge < -0.3 is 5.32 Å². The van der Waals surface area contributed by atoms with E-state index >= 15 is 0 Å². The van der Waals surface area contributed by atoms with Gasteiger partial charge in [-0.1, -0.05) is 13.0 Å². The molecule has 1 fully saturated rings. The number of halogens is 1. The number of likely N-dealkylation sites (tertiary alicyclic amines) is 1. The van der Waals surface area contributed by atoms with Gasteiger partial charge in [-0.25, -0.2) is 4.39 Å². The number of hydrogen-bond donors (Lipinski definition) is 1. The first-order chi connectivity index (χ1) is 8.70. The van der Waals surface area contributed by atoms with Crippen molar-refractivity contribution >= 4 is 5.69 Å². The van der Waals surface area contributed by atoms with Crippen LogP contribution in [-0.2, 0) is 0 Å². The lowest BCUT2D eigenvalue weighted by molar-refractivity contribution is 0.207. The maximum Gasteiger partial charge on any atom is 0.125 e. The zero-order valence-electron chi connectivity index (χ0n) is 11.3. The molecule has 1 aromatic carbocycles. The molecule has 0 aromatic heterocycles. The van der Waals surface area contributed by atoms with Gasteiger partial charge in [0.1, 0.15) is 5.82 Å². The first-order valence-corrected chi connectivity index (χ1v) is 6.96. The minimum Gasteiger partial charge on any atom is -0.384 e. The Morgan fingerprint density at radius 2 is 2.22 bits per heavy atom. The maximum absolute atomic E-state index is 13.0. The molecule has 1 heterocycles. The topological polar surface area (TPSA) is 15.3 Å². The second-order valence-corrected chi connectivity index (χ2v) is 5.16. The van der Waals surface area contributed by atoms with Gasteiger partial charge in [-0.15, -0.1) is 0 Å². The van der Waals surface area contributed by atoms with Gasteiger partial charge in [-0.2, -0.15) is 0 Å². The number of rotatable bonds is 5. The van der Waals surface area contributed by atoms with E-state index in [-0.39, 0.29) is 5.82 Å². The van der Waals surface area contributed by atoms with Gasteiger partial charge in [-0.05, 0) is 44.4 Å². The minimum absolute atomic E-state index is 0.180. The van der Waals surface area contributed by atoms with Crippen LogP contribution in [0.1, 0.15) is 33.1 Å². The third kappa shape index (κ3) is 3.22. The van der Waals surface area contributed by atoms with Crippen molar-refractivity contribution in [3.8, 4) is 0 Å². The van der Waals surface area contributed by atoms with E-state index in [2.05, 4.69) is 24.1 Å². The molecule has 1 aliphatic rings. The summed E-state index contributed by atoms with van der Waals surface area (Å²) in [5.41, 5.74) is 0.870. The summed E-state index contributed by atoms with van der Waals surface area (Å²) < 4.78 is 13.0. The molecule has 100 valence electrons. The normalized spacial score (nSPS) is 24.4. The summed E-state index contributed by atoms with van der Waals surface area (Å²) in [4.78, 5) is 2.58. The van der Waals surface area contributed by atoms with E-state index in [1.807, 2.05) is 6.07 Å². The van der Waals surface area contributed by atoms with Crippen LogP contribution in [0.15, 0.2) is 24.3 Å². The van der Waals surface area contributed by atoms with E-state index in [1.54, 1.807) is 12.1 Å². The molecule has 0 amide bonds. The van der Waals surface area contributed by atoms with E-state index in [9.17, 15) is 4.39 Å². The smallest absolute Gasteiger partial charge is 0.125 e. The highest BCUT2D eigenvalue weighted by atomic mass is 19.1. The number of hydrogen-bond acceptors (Lipinski definition) is 2. The van der Waals surface area contributed by atoms with Crippen molar-refractivity contribution in [2.24, 2.45) is 0 Å². The minimum atomic E-state index is -0.180. The average Bonchev–Trinajstić information content (AvgIpc) is 2.71. The van der Waals surface area contributed by atoms with E-state index in [0.717, 1.165) is 24.8 Å². The lowest BCUT2D eigenvalue weighted by Crippen LogP contribution is -2.37. The van der Waals surface area contributed by atoms with Crippen molar-refractivity contribution in [1.29, 1.82) is 0 Å². The second kappa shape index (κ2) is 6.19. The van der Waals surface area contributed by atoms with Crippen molar-refractivity contribution < 1.29 is 4.39 Å². The summed E-state index contributed by atoms with van der Waals surface area (Å²) in [6.07, 6.45) is 3.85. The third-order valence-corrected chi connectivity index (χ3v) is 3.95. The van der Waals surface area contributed by atoms with Crippen LogP contribution in [0, 0.1) is 5.82 Å². The lowest BCUT2D eigenvalue weighted by atomic mass is 10.1. The molecule has 2 nitrogen and oxygen atoms in total. The van der Waals surface area contributed by atoms with Crippen LogP contribution >= 0.6 is 0 Å². The predicted octanol–water partition coefficient (Wildman–Crippen LogP) is 3.50. The van der Waals surface area contributed by atoms with Crippen molar-refractivity contribution in [1.82, 2.24) is 4.90 Å². The third-order valence-electron chi connectivity index (χ3n) is 3.95. The molecule has 1 aromatic rings. The molecule has 0 spiro atoms. The number of nitrogens with one attached hydrogen (secondary N) is 1. The molecule has 0 bridgehead atoms. The Bertz CT molecular complexity index is 381. The quantitative estimate of drug-likeness (QED) is 0.860. The van der Waals surface area contributed by atoms with Crippen LogP contribution in [-0.4, -0.2) is 30.1 Å². The highest BCUT2D eigenvalue weighted by molar-refractivity contribution is 5.42. The number of benzene rings is 1. The molecule has 0 radical (unpaired) electrons. The van der Waals surface area contributed by atoms with Crippen LogP contribution in [0.25, 0.3) is 0 Å². The summed E-state index contributed by atoms with van der Waals surface area (Å²) in [5.74, 6) is -0.180. The second-order valence-electron chi connectivity index (χ2n) is 5.16. The molecule has 3 heteroatoms. The largest absolute Gasteiger partial charge is 0.384 e. The molecule has 1 aliphatic heterocycles. The zero-order chi connectivity index (χ0) is 13.0. The van der Waals surface area contributed by atoms with Crippen molar-refractivity contribution in [3.63, 3.8) is 0 Å². The Hall–Kier alpha value is -1.09. The summed E-state index contributed by atoms with van der Waals surface area (Å²) in [6.45, 7) is 6.48. The van der Waals surface area contributed by atoms with Crippen molar-refractivity contribution in [3.05, 3.63) is 30.1 Å². The van der Waals surface area contributed by atoms with Crippen LogP contribution in [0.3, 0.4) is 0 Å². The summed E-state index contributed by atoms with van der Waals surface area (Å²) in [7, 11) is 0. The Morgan fingerprint density at radius 3 is 2.94 bits per heavy atom. The van der Waals surface area contributed by atoms with Crippen molar-refractivity contribution in [2.45, 2.75) is 45.2 Å². The first kappa shape index (κ1) is 13.3. The first-order valence-electron chi connectivity index (χ1n) is 6.96. The van der Waals surface area contributed by atoms with Gasteiger partial charge in [0.2, 0.25) is 0 Å². The molecule has 2 unspecified atom stereocenters. The Morgan fingerprint density at radius 1 is 1.39 bits per heavy atom. The molecule has 18 heavy (non-hydrogen) atoms. The van der Waals surface area contributed by atoms with Crippen molar-refractivity contribution in [2.75, 3.05) is 18.4 Å². The van der Waals surface area contributed by atoms with E-state index in [1.165, 1.54) is 25.3 Å². The van der Waals surface area contributed by atoms with Crippen LogP contribution in [0.4, 0.5) is 10.1 Å². The Labute approximate surface area is 109 Å². The molecule has 0 saturated carbocycles. The van der Waals surface area contributed by atoms with Crippen LogP contribution in [0.5, 0.6) is 0 Å². The lowest BCUT2D eigenvalue weighted by Gasteiger charge is -2.27. The van der Waals surface area contributed by atoms with Crippen LogP contribution in [0.2, 0.25) is 0 Å². The number of nitrogens with zero attached hydrogens (tertiary/aromatic N) is 1. The van der Waals surface area contributed by atoms with Crippen LogP contribution < -0.4 is 5.32 Å². The summed E-state index contributed by atoms with van der Waals surface area (Å²) in [6, 6.07) is 8.09. The molecule has 1 saturated heterocycles. The van der Waals surface area contributed by atoms with E-state index < -0.39 is 0 Å².